The predicted molar refractivity (Wildman–Crippen MR) is 122 cm³/mol. The van der Waals surface area contributed by atoms with Crippen LogP contribution in [0.25, 0.3) is 0 Å². The number of carbonyl (C=O) groups is 2. The number of benzene rings is 3. The van der Waals surface area contributed by atoms with Crippen LogP contribution in [0.2, 0.25) is 0 Å². The second-order valence-electron chi connectivity index (χ2n) is 7.10. The Hall–Kier alpha value is -3.28. The van der Waals surface area contributed by atoms with Gasteiger partial charge in [0.25, 0.3) is 0 Å². The molecule has 3 aromatic carbocycles. The summed E-state index contributed by atoms with van der Waals surface area (Å²) >= 11 is 0. The van der Waals surface area contributed by atoms with Crippen LogP contribution in [0.1, 0.15) is 16.8 Å². The molecule has 0 bridgehead atoms. The molecule has 0 saturated heterocycles. The molecule has 7 nitrogen and oxygen atoms in total. The van der Waals surface area contributed by atoms with Gasteiger partial charge in [-0.3, -0.25) is 4.79 Å². The van der Waals surface area contributed by atoms with Crippen LogP contribution in [0.5, 0.6) is 0 Å². The second-order valence-corrected chi connectivity index (χ2v) is 10.6. The average Bonchev–Trinajstić information content (AvgIpc) is 2.84. The number of hydrogen-bond acceptors (Lipinski definition) is 7. The standard InChI is InChI=1S/C24H20F2O7S2/c25-24(26,35(29,30)31)17-33-22(27)14-15-32-23(28)18-8-7-13-21(16-18)34(19-9-3-1-4-10-19)20-11-5-2-6-12-20/h1-13,16H,14-15,17H2. The summed E-state index contributed by atoms with van der Waals surface area (Å²) in [5.74, 6) is -1.98. The zero-order valence-electron chi connectivity index (χ0n) is 18.1. The fraction of sp³-hybridized carbons (Fsp3) is 0.167. The summed E-state index contributed by atoms with van der Waals surface area (Å²) in [6.45, 7) is -2.39. The van der Waals surface area contributed by atoms with E-state index in [4.69, 9.17) is 4.74 Å². The van der Waals surface area contributed by atoms with Gasteiger partial charge in [0.05, 0.1) is 22.9 Å². The Morgan fingerprint density at radius 1 is 0.829 bits per heavy atom. The number of esters is 2. The fourth-order valence-corrected chi connectivity index (χ4v) is 5.23. The zero-order valence-corrected chi connectivity index (χ0v) is 19.8. The first-order valence-electron chi connectivity index (χ1n) is 10.2. The molecule has 0 unspecified atom stereocenters. The molecular formula is C24H20F2O7S2. The summed E-state index contributed by atoms with van der Waals surface area (Å²) in [5, 5.41) is -4.74. The minimum Gasteiger partial charge on any atom is -0.743 e. The quantitative estimate of drug-likeness (QED) is 0.225. The molecule has 184 valence electrons. The number of halogens is 2. The van der Waals surface area contributed by atoms with Crippen molar-refractivity contribution in [2.45, 2.75) is 26.4 Å². The summed E-state index contributed by atoms with van der Waals surface area (Å²) < 4.78 is 66.5. The number of ether oxygens (including phenoxy) is 2. The predicted octanol–water partition coefficient (Wildman–Crippen LogP) is 4.01. The van der Waals surface area contributed by atoms with E-state index in [0.29, 0.717) is 0 Å². The summed E-state index contributed by atoms with van der Waals surface area (Å²) in [7, 11) is -6.47. The average molecular weight is 523 g/mol. The normalized spacial score (nSPS) is 11.8. The van der Waals surface area contributed by atoms with Crippen LogP contribution in [0.4, 0.5) is 8.78 Å². The SMILES string of the molecule is O=C(CCOC(=O)c1cccc([S+](c2ccccc2)c2ccccc2)c1)OCC(F)(F)S(=O)(=O)[O-]. The van der Waals surface area contributed by atoms with Crippen LogP contribution in [-0.4, -0.2) is 43.4 Å². The maximum atomic E-state index is 13.0. The van der Waals surface area contributed by atoms with Gasteiger partial charge in [-0.25, -0.2) is 13.2 Å². The number of hydrogen-bond donors (Lipinski definition) is 0. The van der Waals surface area contributed by atoms with E-state index < -0.39 is 57.8 Å². The van der Waals surface area contributed by atoms with E-state index in [9.17, 15) is 31.3 Å². The van der Waals surface area contributed by atoms with Crippen LogP contribution < -0.4 is 0 Å². The molecule has 3 aromatic rings. The maximum Gasteiger partial charge on any atom is 0.367 e. The van der Waals surface area contributed by atoms with Crippen molar-refractivity contribution in [2.24, 2.45) is 0 Å². The first kappa shape index (κ1) is 26.3. The van der Waals surface area contributed by atoms with Crippen LogP contribution in [0.3, 0.4) is 0 Å². The fourth-order valence-electron chi connectivity index (χ4n) is 2.89. The Balaban J connectivity index is 1.66. The molecule has 11 heteroatoms. The highest BCUT2D eigenvalue weighted by Gasteiger charge is 2.39. The van der Waals surface area contributed by atoms with Crippen molar-refractivity contribution >= 4 is 33.0 Å². The maximum absolute atomic E-state index is 13.0. The van der Waals surface area contributed by atoms with Gasteiger partial charge in [0, 0.05) is 6.07 Å². The Morgan fingerprint density at radius 3 is 1.91 bits per heavy atom. The molecule has 0 aliphatic rings. The lowest BCUT2D eigenvalue weighted by Gasteiger charge is -2.19. The van der Waals surface area contributed by atoms with Gasteiger partial charge in [-0.1, -0.05) is 42.5 Å². The lowest BCUT2D eigenvalue weighted by Crippen LogP contribution is -2.34. The molecule has 0 saturated carbocycles. The number of carbonyl (C=O) groups excluding carboxylic acids is 2. The topological polar surface area (TPSA) is 110 Å². The van der Waals surface area contributed by atoms with Gasteiger partial charge in [-0.05, 0) is 36.4 Å². The van der Waals surface area contributed by atoms with E-state index in [2.05, 4.69) is 4.74 Å². The first-order chi connectivity index (χ1) is 16.6. The molecule has 3 rings (SSSR count). The molecule has 0 fully saturated rings. The molecule has 0 aliphatic heterocycles. The lowest BCUT2D eigenvalue weighted by molar-refractivity contribution is -0.150. The van der Waals surface area contributed by atoms with Crippen molar-refractivity contribution in [1.29, 1.82) is 0 Å². The third-order valence-electron chi connectivity index (χ3n) is 4.57. The molecular weight excluding hydrogens is 502 g/mol. The Morgan fingerprint density at radius 2 is 1.37 bits per heavy atom. The molecule has 0 heterocycles. The van der Waals surface area contributed by atoms with E-state index >= 15 is 0 Å². The van der Waals surface area contributed by atoms with E-state index in [-0.39, 0.29) is 5.56 Å². The van der Waals surface area contributed by atoms with E-state index in [1.54, 1.807) is 18.2 Å². The Labute approximate surface area is 203 Å². The zero-order chi connectivity index (χ0) is 25.5. The largest absolute Gasteiger partial charge is 0.743 e. The van der Waals surface area contributed by atoms with Gasteiger partial charge in [0.2, 0.25) is 0 Å². The lowest BCUT2D eigenvalue weighted by atomic mass is 10.2. The highest BCUT2D eigenvalue weighted by Crippen LogP contribution is 2.31. The summed E-state index contributed by atoms with van der Waals surface area (Å²) in [6.07, 6.45) is -0.598. The van der Waals surface area contributed by atoms with Crippen LogP contribution in [-0.2, 0) is 35.3 Å². The summed E-state index contributed by atoms with van der Waals surface area (Å²) in [4.78, 5) is 27.0. The minimum atomic E-state index is -5.96. The molecule has 0 spiro atoms. The number of rotatable bonds is 10. The van der Waals surface area contributed by atoms with Gasteiger partial charge in [-0.2, -0.15) is 8.78 Å². The summed E-state index contributed by atoms with van der Waals surface area (Å²) in [6, 6.07) is 26.3. The van der Waals surface area contributed by atoms with E-state index in [1.807, 2.05) is 66.7 Å². The monoisotopic (exact) mass is 522 g/mol. The third kappa shape index (κ3) is 7.10. The van der Waals surface area contributed by atoms with Crippen LogP contribution >= 0.6 is 0 Å². The third-order valence-corrected chi connectivity index (χ3v) is 7.63. The molecule has 0 atom stereocenters. The molecule has 35 heavy (non-hydrogen) atoms. The minimum absolute atomic E-state index is 0.226. The Kier molecular flexibility index (Phi) is 8.60. The Bertz CT molecular complexity index is 1230. The van der Waals surface area contributed by atoms with Gasteiger partial charge in [-0.15, -0.1) is 0 Å². The molecule has 0 amide bonds. The molecule has 0 radical (unpaired) electrons. The smallest absolute Gasteiger partial charge is 0.367 e. The highest BCUT2D eigenvalue weighted by atomic mass is 32.2. The number of alkyl halides is 2. The van der Waals surface area contributed by atoms with Crippen LogP contribution in [0, 0.1) is 0 Å². The van der Waals surface area contributed by atoms with Crippen molar-refractivity contribution < 1.29 is 40.8 Å². The van der Waals surface area contributed by atoms with E-state index in [0.717, 1.165) is 14.7 Å². The van der Waals surface area contributed by atoms with Crippen molar-refractivity contribution in [1.82, 2.24) is 0 Å². The molecule has 0 aromatic heterocycles. The van der Waals surface area contributed by atoms with Gasteiger partial charge >= 0.3 is 17.2 Å². The highest BCUT2D eigenvalue weighted by molar-refractivity contribution is 7.97. The van der Waals surface area contributed by atoms with Crippen LogP contribution in [0.15, 0.2) is 99.6 Å². The summed E-state index contributed by atoms with van der Waals surface area (Å²) in [5.41, 5.74) is 0.226. The van der Waals surface area contributed by atoms with Gasteiger partial charge < -0.3 is 14.0 Å². The van der Waals surface area contributed by atoms with E-state index in [1.165, 1.54) is 0 Å². The van der Waals surface area contributed by atoms with Crippen molar-refractivity contribution in [3.8, 4) is 0 Å². The first-order valence-corrected chi connectivity index (χ1v) is 12.8. The second kappa shape index (κ2) is 11.4. The van der Waals surface area contributed by atoms with Gasteiger partial charge in [0.1, 0.15) is 6.61 Å². The molecule has 0 aliphatic carbocycles. The molecule has 0 N–H and O–H groups in total. The van der Waals surface area contributed by atoms with Crippen molar-refractivity contribution in [3.05, 3.63) is 90.5 Å². The van der Waals surface area contributed by atoms with Gasteiger partial charge in [0.15, 0.2) is 31.4 Å². The van der Waals surface area contributed by atoms with Crippen molar-refractivity contribution in [3.63, 3.8) is 0 Å². The van der Waals surface area contributed by atoms with Crippen molar-refractivity contribution in [2.75, 3.05) is 13.2 Å².